The number of morpholine rings is 1. The Morgan fingerprint density at radius 2 is 2.33 bits per heavy atom. The van der Waals surface area contributed by atoms with Crippen molar-refractivity contribution in [2.45, 2.75) is 31.4 Å². The van der Waals surface area contributed by atoms with Gasteiger partial charge in [-0.25, -0.2) is 0 Å². The van der Waals surface area contributed by atoms with Gasteiger partial charge in [0, 0.05) is 19.8 Å². The number of ether oxygens (including phenoxy) is 1. The van der Waals surface area contributed by atoms with Gasteiger partial charge in [0.2, 0.25) is 0 Å². The lowest BCUT2D eigenvalue weighted by molar-refractivity contribution is -0.0448. The lowest BCUT2D eigenvalue weighted by atomic mass is 10.1. The SMILES string of the molecule is Cn1cc(N)cc1C(=O)N1CCOC2CCCC21. The van der Waals surface area contributed by atoms with Crippen molar-refractivity contribution >= 4 is 11.6 Å². The Morgan fingerprint density at radius 3 is 3.06 bits per heavy atom. The summed E-state index contributed by atoms with van der Waals surface area (Å²) in [7, 11) is 1.86. The lowest BCUT2D eigenvalue weighted by Crippen LogP contribution is -2.51. The first-order valence-corrected chi connectivity index (χ1v) is 6.51. The minimum atomic E-state index is 0.0781. The van der Waals surface area contributed by atoms with Crippen LogP contribution in [-0.4, -0.2) is 40.7 Å². The van der Waals surface area contributed by atoms with Gasteiger partial charge < -0.3 is 19.9 Å². The zero-order chi connectivity index (χ0) is 12.7. The second-order valence-electron chi connectivity index (χ2n) is 5.18. The second-order valence-corrected chi connectivity index (χ2v) is 5.18. The molecular weight excluding hydrogens is 230 g/mol. The Morgan fingerprint density at radius 1 is 1.50 bits per heavy atom. The number of carbonyl (C=O) groups is 1. The van der Waals surface area contributed by atoms with Crippen molar-refractivity contribution < 1.29 is 9.53 Å². The lowest BCUT2D eigenvalue weighted by Gasteiger charge is -2.37. The number of rotatable bonds is 1. The molecule has 2 heterocycles. The average molecular weight is 249 g/mol. The van der Waals surface area contributed by atoms with Crippen LogP contribution >= 0.6 is 0 Å². The Balaban J connectivity index is 1.85. The highest BCUT2D eigenvalue weighted by atomic mass is 16.5. The molecule has 0 aromatic carbocycles. The van der Waals surface area contributed by atoms with Crippen LogP contribution in [0.25, 0.3) is 0 Å². The maximum Gasteiger partial charge on any atom is 0.270 e. The van der Waals surface area contributed by atoms with E-state index in [2.05, 4.69) is 0 Å². The van der Waals surface area contributed by atoms with Crippen LogP contribution in [0.5, 0.6) is 0 Å². The molecule has 98 valence electrons. The smallest absolute Gasteiger partial charge is 0.270 e. The van der Waals surface area contributed by atoms with E-state index in [1.54, 1.807) is 16.8 Å². The quantitative estimate of drug-likeness (QED) is 0.807. The van der Waals surface area contributed by atoms with Gasteiger partial charge in [-0.15, -0.1) is 0 Å². The van der Waals surface area contributed by atoms with E-state index < -0.39 is 0 Å². The average Bonchev–Trinajstić information content (AvgIpc) is 2.94. The molecule has 5 nitrogen and oxygen atoms in total. The predicted octanol–water partition coefficient (Wildman–Crippen LogP) is 1.00. The zero-order valence-electron chi connectivity index (χ0n) is 10.6. The van der Waals surface area contributed by atoms with Gasteiger partial charge in [0.25, 0.3) is 5.91 Å². The normalized spacial score (nSPS) is 27.3. The molecule has 2 N–H and O–H groups in total. The third kappa shape index (κ3) is 1.79. The summed E-state index contributed by atoms with van der Waals surface area (Å²) in [6, 6.07) is 2.00. The predicted molar refractivity (Wildman–Crippen MR) is 68.2 cm³/mol. The number of nitrogens with zero attached hydrogens (tertiary/aromatic N) is 2. The topological polar surface area (TPSA) is 60.5 Å². The fourth-order valence-corrected chi connectivity index (χ4v) is 3.13. The van der Waals surface area contributed by atoms with Gasteiger partial charge in [0.05, 0.1) is 24.4 Å². The number of anilines is 1. The molecule has 2 unspecified atom stereocenters. The third-order valence-corrected chi connectivity index (χ3v) is 3.99. The fraction of sp³-hybridized carbons (Fsp3) is 0.615. The molecule has 1 saturated heterocycles. The van der Waals surface area contributed by atoms with Crippen molar-refractivity contribution in [2.75, 3.05) is 18.9 Å². The summed E-state index contributed by atoms with van der Waals surface area (Å²) in [5.41, 5.74) is 7.04. The van der Waals surface area contributed by atoms with E-state index in [4.69, 9.17) is 10.5 Å². The molecule has 2 aliphatic rings. The number of carbonyl (C=O) groups excluding carboxylic acids is 1. The summed E-state index contributed by atoms with van der Waals surface area (Å²) in [5.74, 6) is 0.0781. The monoisotopic (exact) mass is 249 g/mol. The van der Waals surface area contributed by atoms with E-state index in [1.807, 2.05) is 11.9 Å². The number of fused-ring (bicyclic) bond motifs is 1. The van der Waals surface area contributed by atoms with Gasteiger partial charge in [-0.05, 0) is 25.3 Å². The van der Waals surface area contributed by atoms with Crippen LogP contribution < -0.4 is 5.73 Å². The summed E-state index contributed by atoms with van der Waals surface area (Å²) in [4.78, 5) is 14.5. The highest BCUT2D eigenvalue weighted by molar-refractivity contribution is 5.94. The molecule has 2 fully saturated rings. The number of aromatic nitrogens is 1. The first kappa shape index (κ1) is 11.6. The molecule has 18 heavy (non-hydrogen) atoms. The van der Waals surface area contributed by atoms with Crippen LogP contribution in [0.2, 0.25) is 0 Å². The van der Waals surface area contributed by atoms with Crippen molar-refractivity contribution in [1.82, 2.24) is 9.47 Å². The van der Waals surface area contributed by atoms with Crippen LogP contribution in [0.1, 0.15) is 29.8 Å². The van der Waals surface area contributed by atoms with Gasteiger partial charge in [-0.3, -0.25) is 4.79 Å². The summed E-state index contributed by atoms with van der Waals surface area (Å²) < 4.78 is 7.53. The highest BCUT2D eigenvalue weighted by Crippen LogP contribution is 2.30. The van der Waals surface area contributed by atoms with E-state index in [9.17, 15) is 4.79 Å². The summed E-state index contributed by atoms with van der Waals surface area (Å²) in [5, 5.41) is 0. The van der Waals surface area contributed by atoms with Crippen LogP contribution in [0.3, 0.4) is 0 Å². The number of nitrogens with two attached hydrogens (primary N) is 1. The summed E-state index contributed by atoms with van der Waals surface area (Å²) >= 11 is 0. The summed E-state index contributed by atoms with van der Waals surface area (Å²) in [6.07, 6.45) is 5.29. The van der Waals surface area contributed by atoms with Crippen LogP contribution in [0, 0.1) is 0 Å². The largest absolute Gasteiger partial charge is 0.397 e. The van der Waals surface area contributed by atoms with Crippen LogP contribution in [0.4, 0.5) is 5.69 Å². The Bertz CT molecular complexity index is 469. The molecule has 1 saturated carbocycles. The second kappa shape index (κ2) is 4.31. The molecule has 1 aromatic heterocycles. The van der Waals surface area contributed by atoms with E-state index >= 15 is 0 Å². The molecule has 2 atom stereocenters. The highest BCUT2D eigenvalue weighted by Gasteiger charge is 2.39. The van der Waals surface area contributed by atoms with Crippen molar-refractivity contribution in [3.8, 4) is 0 Å². The molecule has 0 bridgehead atoms. The molecule has 5 heteroatoms. The van der Waals surface area contributed by atoms with Gasteiger partial charge in [-0.2, -0.15) is 0 Å². The number of hydrogen-bond donors (Lipinski definition) is 1. The van der Waals surface area contributed by atoms with Crippen LogP contribution in [0.15, 0.2) is 12.3 Å². The standard InChI is InChI=1S/C13H19N3O2/c1-15-8-9(14)7-11(15)13(17)16-5-6-18-12-4-2-3-10(12)16/h7-8,10,12H,2-6,14H2,1H3. The molecule has 1 aromatic rings. The first-order valence-electron chi connectivity index (χ1n) is 6.51. The number of amides is 1. The third-order valence-electron chi connectivity index (χ3n) is 3.99. The number of nitrogen functional groups attached to an aromatic ring is 1. The fourth-order valence-electron chi connectivity index (χ4n) is 3.13. The molecule has 3 rings (SSSR count). The van der Waals surface area contributed by atoms with Crippen molar-refractivity contribution in [3.05, 3.63) is 18.0 Å². The maximum atomic E-state index is 12.6. The van der Waals surface area contributed by atoms with E-state index in [0.29, 0.717) is 24.5 Å². The Labute approximate surface area is 106 Å². The van der Waals surface area contributed by atoms with Crippen molar-refractivity contribution in [3.63, 3.8) is 0 Å². The zero-order valence-corrected chi connectivity index (χ0v) is 10.6. The molecular formula is C13H19N3O2. The minimum absolute atomic E-state index is 0.0781. The molecule has 0 radical (unpaired) electrons. The van der Waals surface area contributed by atoms with Gasteiger partial charge >= 0.3 is 0 Å². The molecule has 0 spiro atoms. The number of hydrogen-bond acceptors (Lipinski definition) is 3. The Hall–Kier alpha value is -1.49. The number of aryl methyl sites for hydroxylation is 1. The van der Waals surface area contributed by atoms with Gasteiger partial charge in [0.15, 0.2) is 0 Å². The van der Waals surface area contributed by atoms with Crippen molar-refractivity contribution in [2.24, 2.45) is 7.05 Å². The van der Waals surface area contributed by atoms with Crippen LogP contribution in [-0.2, 0) is 11.8 Å². The maximum absolute atomic E-state index is 12.6. The van der Waals surface area contributed by atoms with Crippen molar-refractivity contribution in [1.29, 1.82) is 0 Å². The summed E-state index contributed by atoms with van der Waals surface area (Å²) in [6.45, 7) is 1.33. The first-order chi connectivity index (χ1) is 8.66. The molecule has 1 aliphatic heterocycles. The minimum Gasteiger partial charge on any atom is -0.397 e. The van der Waals surface area contributed by atoms with Gasteiger partial charge in [0.1, 0.15) is 5.69 Å². The molecule has 1 amide bonds. The molecule has 1 aliphatic carbocycles. The van der Waals surface area contributed by atoms with E-state index in [-0.39, 0.29) is 18.1 Å². The Kier molecular flexibility index (Phi) is 2.78. The van der Waals surface area contributed by atoms with E-state index in [1.165, 1.54) is 0 Å². The van der Waals surface area contributed by atoms with E-state index in [0.717, 1.165) is 19.3 Å². The van der Waals surface area contributed by atoms with Gasteiger partial charge in [-0.1, -0.05) is 0 Å².